The Morgan fingerprint density at radius 2 is 1.64 bits per heavy atom. The Morgan fingerprint density at radius 1 is 1.14 bits per heavy atom. The Balaban J connectivity index is 4.13. The van der Waals surface area contributed by atoms with Crippen LogP contribution >= 0.6 is 0 Å². The molecule has 0 saturated carbocycles. The van der Waals surface area contributed by atoms with Gasteiger partial charge >= 0.3 is 0 Å². The molecule has 0 fully saturated rings. The molecular formula is C12H26N2. The van der Waals surface area contributed by atoms with Gasteiger partial charge in [0.15, 0.2) is 0 Å². The topological polar surface area (TPSA) is 24.4 Å². The van der Waals surface area contributed by atoms with Gasteiger partial charge in [0.2, 0.25) is 0 Å². The predicted molar refractivity (Wildman–Crippen MR) is 65.2 cm³/mol. The van der Waals surface area contributed by atoms with Crippen molar-refractivity contribution in [1.29, 1.82) is 0 Å². The van der Waals surface area contributed by atoms with Crippen molar-refractivity contribution < 1.29 is 0 Å². The minimum Gasteiger partial charge on any atom is -0.307 e. The molecule has 84 valence electrons. The molecule has 0 unspecified atom stereocenters. The summed E-state index contributed by atoms with van der Waals surface area (Å²) in [5.41, 5.74) is 0.0222. The summed E-state index contributed by atoms with van der Waals surface area (Å²) in [7, 11) is 0. The highest BCUT2D eigenvalue weighted by molar-refractivity contribution is 5.69. The van der Waals surface area contributed by atoms with Crippen molar-refractivity contribution in [2.45, 2.75) is 59.5 Å². The summed E-state index contributed by atoms with van der Waals surface area (Å²) in [5, 5.41) is 3.48. The van der Waals surface area contributed by atoms with Crippen LogP contribution < -0.4 is 5.32 Å². The van der Waals surface area contributed by atoms with E-state index in [4.69, 9.17) is 0 Å². The van der Waals surface area contributed by atoms with E-state index in [9.17, 15) is 0 Å². The summed E-state index contributed by atoms with van der Waals surface area (Å²) in [5.74, 6) is 0.678. The van der Waals surface area contributed by atoms with Crippen molar-refractivity contribution in [2.75, 3.05) is 6.54 Å². The lowest BCUT2D eigenvalue weighted by Gasteiger charge is -2.24. The summed E-state index contributed by atoms with van der Waals surface area (Å²) in [6, 6.07) is 0. The molecule has 14 heavy (non-hydrogen) atoms. The van der Waals surface area contributed by atoms with Gasteiger partial charge in [-0.3, -0.25) is 4.99 Å². The molecule has 0 amide bonds. The molecule has 0 saturated heterocycles. The van der Waals surface area contributed by atoms with E-state index < -0.39 is 0 Å². The first-order valence-corrected chi connectivity index (χ1v) is 5.44. The summed E-state index contributed by atoms with van der Waals surface area (Å²) in [4.78, 5) is 4.52. The zero-order valence-electron chi connectivity index (χ0n) is 10.8. The number of hydrogen-bond donors (Lipinski definition) is 1. The summed E-state index contributed by atoms with van der Waals surface area (Å²) in [6.07, 6.45) is 2.02. The van der Waals surface area contributed by atoms with Crippen molar-refractivity contribution in [3.63, 3.8) is 0 Å². The van der Waals surface area contributed by atoms with Crippen LogP contribution in [0.4, 0.5) is 0 Å². The molecule has 0 spiro atoms. The van der Waals surface area contributed by atoms with Crippen LogP contribution in [-0.2, 0) is 0 Å². The quantitative estimate of drug-likeness (QED) is 0.690. The minimum absolute atomic E-state index is 0.00243. The lowest BCUT2D eigenvalue weighted by molar-refractivity contribution is 0.453. The van der Waals surface area contributed by atoms with Crippen molar-refractivity contribution in [3.8, 4) is 0 Å². The van der Waals surface area contributed by atoms with Crippen LogP contribution in [0.5, 0.6) is 0 Å². The predicted octanol–water partition coefficient (Wildman–Crippen LogP) is 2.88. The van der Waals surface area contributed by atoms with E-state index in [1.165, 1.54) is 0 Å². The second-order valence-electron chi connectivity index (χ2n) is 5.93. The van der Waals surface area contributed by atoms with E-state index in [-0.39, 0.29) is 11.1 Å². The summed E-state index contributed by atoms with van der Waals surface area (Å²) in [6.45, 7) is 16.1. The molecular weight excluding hydrogens is 172 g/mol. The molecule has 0 heterocycles. The second kappa shape index (κ2) is 4.92. The van der Waals surface area contributed by atoms with Gasteiger partial charge in [0.25, 0.3) is 0 Å². The molecule has 0 aliphatic carbocycles. The zero-order valence-corrected chi connectivity index (χ0v) is 10.8. The average molecular weight is 198 g/mol. The molecule has 0 bridgehead atoms. The van der Waals surface area contributed by atoms with Crippen LogP contribution in [0.15, 0.2) is 4.99 Å². The average Bonchev–Trinajstić information content (AvgIpc) is 1.97. The van der Waals surface area contributed by atoms with Gasteiger partial charge in [-0.25, -0.2) is 0 Å². The zero-order chi connectivity index (χ0) is 11.4. The van der Waals surface area contributed by atoms with E-state index >= 15 is 0 Å². The lowest BCUT2D eigenvalue weighted by Crippen LogP contribution is -2.43. The van der Waals surface area contributed by atoms with E-state index in [0.29, 0.717) is 5.92 Å². The number of nitrogens with one attached hydrogen (secondary N) is 1. The SMILES string of the molecule is CC(C)CNC(C)(C)C=NC(C)(C)C. The highest BCUT2D eigenvalue weighted by atomic mass is 15.0. The molecule has 0 radical (unpaired) electrons. The second-order valence-corrected chi connectivity index (χ2v) is 5.93. The molecule has 2 heteroatoms. The molecule has 0 aliphatic rings. The third-order valence-electron chi connectivity index (χ3n) is 1.74. The highest BCUT2D eigenvalue weighted by Crippen LogP contribution is 2.08. The Labute approximate surface area is 89.2 Å². The van der Waals surface area contributed by atoms with E-state index in [1.54, 1.807) is 0 Å². The maximum Gasteiger partial charge on any atom is 0.0521 e. The molecule has 0 atom stereocenters. The van der Waals surface area contributed by atoms with E-state index in [0.717, 1.165) is 6.54 Å². The first-order chi connectivity index (χ1) is 6.12. The van der Waals surface area contributed by atoms with Crippen molar-refractivity contribution in [3.05, 3.63) is 0 Å². The summed E-state index contributed by atoms with van der Waals surface area (Å²) < 4.78 is 0. The Morgan fingerprint density at radius 3 is 2.00 bits per heavy atom. The van der Waals surface area contributed by atoms with Gasteiger partial charge in [-0.15, -0.1) is 0 Å². The Kier molecular flexibility index (Phi) is 4.79. The monoisotopic (exact) mass is 198 g/mol. The number of hydrogen-bond acceptors (Lipinski definition) is 2. The van der Waals surface area contributed by atoms with E-state index in [1.807, 2.05) is 6.21 Å². The maximum atomic E-state index is 4.52. The number of aliphatic imine (C=N–C) groups is 1. The minimum atomic E-state index is -0.00243. The van der Waals surface area contributed by atoms with Crippen LogP contribution in [0.1, 0.15) is 48.5 Å². The molecule has 0 aliphatic heterocycles. The Bertz CT molecular complexity index is 185. The molecule has 0 aromatic heterocycles. The fourth-order valence-electron chi connectivity index (χ4n) is 0.868. The lowest BCUT2D eigenvalue weighted by atomic mass is 10.0. The van der Waals surface area contributed by atoms with Gasteiger partial charge in [0.05, 0.1) is 5.54 Å². The first kappa shape index (κ1) is 13.6. The fourth-order valence-corrected chi connectivity index (χ4v) is 0.868. The third kappa shape index (κ3) is 8.24. The molecule has 0 rings (SSSR count). The molecule has 2 nitrogen and oxygen atoms in total. The number of nitrogens with zero attached hydrogens (tertiary/aromatic N) is 1. The van der Waals surface area contributed by atoms with Crippen molar-refractivity contribution >= 4 is 6.21 Å². The first-order valence-electron chi connectivity index (χ1n) is 5.44. The number of rotatable bonds is 4. The molecule has 1 N–H and O–H groups in total. The molecule has 0 aromatic rings. The standard InChI is InChI=1S/C12H26N2/c1-10(2)8-13-12(6,7)9-14-11(3,4)5/h9-10,13H,8H2,1-7H3. The van der Waals surface area contributed by atoms with Crippen LogP contribution in [0, 0.1) is 5.92 Å². The van der Waals surface area contributed by atoms with Gasteiger partial charge in [0.1, 0.15) is 0 Å². The van der Waals surface area contributed by atoms with Gasteiger partial charge in [-0.2, -0.15) is 0 Å². The third-order valence-corrected chi connectivity index (χ3v) is 1.74. The van der Waals surface area contributed by atoms with Gasteiger partial charge in [-0.1, -0.05) is 13.8 Å². The maximum absolute atomic E-state index is 4.52. The van der Waals surface area contributed by atoms with Crippen molar-refractivity contribution in [2.24, 2.45) is 10.9 Å². The van der Waals surface area contributed by atoms with Crippen LogP contribution in [0.3, 0.4) is 0 Å². The van der Waals surface area contributed by atoms with Crippen LogP contribution in [0.25, 0.3) is 0 Å². The van der Waals surface area contributed by atoms with Gasteiger partial charge in [-0.05, 0) is 47.1 Å². The largest absolute Gasteiger partial charge is 0.307 e. The Hall–Kier alpha value is -0.370. The summed E-state index contributed by atoms with van der Waals surface area (Å²) >= 11 is 0. The normalized spacial score (nSPS) is 14.3. The molecule has 0 aromatic carbocycles. The van der Waals surface area contributed by atoms with Gasteiger partial charge in [0, 0.05) is 11.8 Å². The van der Waals surface area contributed by atoms with E-state index in [2.05, 4.69) is 58.8 Å². The van der Waals surface area contributed by atoms with Crippen LogP contribution in [0.2, 0.25) is 0 Å². The fraction of sp³-hybridized carbons (Fsp3) is 0.917. The van der Waals surface area contributed by atoms with Crippen LogP contribution in [-0.4, -0.2) is 23.8 Å². The van der Waals surface area contributed by atoms with Gasteiger partial charge < -0.3 is 5.32 Å². The van der Waals surface area contributed by atoms with Crippen molar-refractivity contribution in [1.82, 2.24) is 5.32 Å². The smallest absolute Gasteiger partial charge is 0.0521 e. The highest BCUT2D eigenvalue weighted by Gasteiger charge is 2.15.